The van der Waals surface area contributed by atoms with Crippen LogP contribution in [0.4, 0.5) is 0 Å². The van der Waals surface area contributed by atoms with Gasteiger partial charge in [0.2, 0.25) is 0 Å². The van der Waals surface area contributed by atoms with E-state index in [-0.39, 0.29) is 6.10 Å². The number of nitriles is 1. The summed E-state index contributed by atoms with van der Waals surface area (Å²) in [6, 6.07) is 2.07. The molecule has 0 aromatic heterocycles. The van der Waals surface area contributed by atoms with E-state index in [9.17, 15) is 5.11 Å². The highest BCUT2D eigenvalue weighted by Gasteiger charge is 2.01. The number of hydrogen-bond donors (Lipinski definition) is 1. The summed E-state index contributed by atoms with van der Waals surface area (Å²) in [6.07, 6.45) is 6.54. The zero-order valence-corrected chi connectivity index (χ0v) is 8.16. The Hall–Kier alpha value is -1.07. The van der Waals surface area contributed by atoms with E-state index >= 15 is 0 Å². The number of aliphatic hydroxyl groups is 1. The number of hydrogen-bond acceptors (Lipinski definition) is 2. The highest BCUT2D eigenvalue weighted by atomic mass is 16.3. The first kappa shape index (κ1) is 11.9. The Morgan fingerprint density at radius 3 is 2.69 bits per heavy atom. The van der Waals surface area contributed by atoms with Gasteiger partial charge in [-0.2, -0.15) is 5.26 Å². The summed E-state index contributed by atoms with van der Waals surface area (Å²) in [5, 5.41) is 17.6. The van der Waals surface area contributed by atoms with Gasteiger partial charge in [0, 0.05) is 6.42 Å². The Morgan fingerprint density at radius 2 is 2.15 bits per heavy atom. The molecular weight excluding hydrogens is 162 g/mol. The maximum atomic E-state index is 9.34. The molecule has 0 saturated heterocycles. The highest BCUT2D eigenvalue weighted by molar-refractivity contribution is 4.97. The first-order chi connectivity index (χ1) is 6.18. The van der Waals surface area contributed by atoms with Crippen LogP contribution in [0.5, 0.6) is 0 Å². The van der Waals surface area contributed by atoms with Crippen molar-refractivity contribution in [1.29, 1.82) is 5.26 Å². The molecule has 0 aromatic rings. The Balaban J connectivity index is 3.40. The maximum Gasteiger partial charge on any atom is 0.0747 e. The van der Waals surface area contributed by atoms with Gasteiger partial charge < -0.3 is 5.11 Å². The fraction of sp³-hybridized carbons (Fsp3) is 0.545. The summed E-state index contributed by atoms with van der Waals surface area (Å²) < 4.78 is 0. The lowest BCUT2D eigenvalue weighted by Crippen LogP contribution is -2.05. The molecule has 0 fully saturated rings. The number of allylic oxidation sites excluding steroid dienone is 2. The minimum absolute atomic E-state index is 0.388. The molecule has 0 heterocycles. The Labute approximate surface area is 80.2 Å². The molecule has 0 spiro atoms. The molecule has 1 N–H and O–H groups in total. The third kappa shape index (κ3) is 7.30. The van der Waals surface area contributed by atoms with E-state index in [2.05, 4.69) is 12.6 Å². The summed E-state index contributed by atoms with van der Waals surface area (Å²) in [5.41, 5.74) is 0.811. The lowest BCUT2D eigenvalue weighted by atomic mass is 10.1. The van der Waals surface area contributed by atoms with Gasteiger partial charge >= 0.3 is 0 Å². The van der Waals surface area contributed by atoms with Gasteiger partial charge in [0.25, 0.3) is 0 Å². The molecule has 72 valence electrons. The van der Waals surface area contributed by atoms with Crippen molar-refractivity contribution < 1.29 is 5.11 Å². The zero-order chi connectivity index (χ0) is 10.1. The Morgan fingerprint density at radius 1 is 1.54 bits per heavy atom. The van der Waals surface area contributed by atoms with Gasteiger partial charge in [-0.05, 0) is 26.2 Å². The monoisotopic (exact) mass is 179 g/mol. The van der Waals surface area contributed by atoms with E-state index < -0.39 is 0 Å². The van der Waals surface area contributed by atoms with Crippen LogP contribution in [0.25, 0.3) is 0 Å². The minimum Gasteiger partial charge on any atom is -0.389 e. The molecule has 2 nitrogen and oxygen atoms in total. The first-order valence-electron chi connectivity index (χ1n) is 4.54. The molecule has 0 aliphatic carbocycles. The highest BCUT2D eigenvalue weighted by Crippen LogP contribution is 2.06. The van der Waals surface area contributed by atoms with Crippen LogP contribution in [0.1, 0.15) is 32.6 Å². The lowest BCUT2D eigenvalue weighted by molar-refractivity contribution is 0.202. The third-order valence-corrected chi connectivity index (χ3v) is 1.77. The summed E-state index contributed by atoms with van der Waals surface area (Å²) in [6.45, 7) is 5.49. The molecule has 0 saturated carbocycles. The fourth-order valence-corrected chi connectivity index (χ4v) is 0.884. The van der Waals surface area contributed by atoms with Crippen LogP contribution >= 0.6 is 0 Å². The van der Waals surface area contributed by atoms with E-state index in [4.69, 9.17) is 5.26 Å². The predicted molar refractivity (Wildman–Crippen MR) is 54.0 cm³/mol. The van der Waals surface area contributed by atoms with Crippen LogP contribution < -0.4 is 0 Å². The number of rotatable bonds is 6. The lowest BCUT2D eigenvalue weighted by Gasteiger charge is -2.06. The van der Waals surface area contributed by atoms with Crippen molar-refractivity contribution in [1.82, 2.24) is 0 Å². The van der Waals surface area contributed by atoms with Gasteiger partial charge in [0.1, 0.15) is 0 Å². The molecule has 1 unspecified atom stereocenters. The van der Waals surface area contributed by atoms with E-state index in [1.165, 1.54) is 0 Å². The van der Waals surface area contributed by atoms with Crippen LogP contribution in [0.15, 0.2) is 24.3 Å². The number of aliphatic hydroxyl groups excluding tert-OH is 1. The molecule has 0 rings (SSSR count). The van der Waals surface area contributed by atoms with Gasteiger partial charge in [-0.3, -0.25) is 0 Å². The van der Waals surface area contributed by atoms with E-state index in [1.54, 1.807) is 0 Å². The zero-order valence-electron chi connectivity index (χ0n) is 8.16. The van der Waals surface area contributed by atoms with E-state index in [0.717, 1.165) is 24.8 Å². The predicted octanol–water partition coefficient (Wildman–Crippen LogP) is 2.56. The molecule has 0 aromatic carbocycles. The van der Waals surface area contributed by atoms with E-state index in [1.807, 2.05) is 19.1 Å². The molecule has 0 aliphatic heterocycles. The SMILES string of the molecule is C=C(C)C(O)CC/C=C\CCC#N. The summed E-state index contributed by atoms with van der Waals surface area (Å²) >= 11 is 0. The van der Waals surface area contributed by atoms with Gasteiger partial charge in [0.05, 0.1) is 12.2 Å². The van der Waals surface area contributed by atoms with Crippen molar-refractivity contribution in [2.45, 2.75) is 38.7 Å². The minimum atomic E-state index is -0.388. The maximum absolute atomic E-state index is 9.34. The molecule has 0 aliphatic rings. The van der Waals surface area contributed by atoms with Crippen LogP contribution in [0, 0.1) is 11.3 Å². The van der Waals surface area contributed by atoms with Crippen LogP contribution in [0.2, 0.25) is 0 Å². The molecule has 2 heteroatoms. The number of nitrogens with zero attached hydrogens (tertiary/aromatic N) is 1. The van der Waals surface area contributed by atoms with E-state index in [0.29, 0.717) is 6.42 Å². The number of unbranched alkanes of at least 4 members (excludes halogenated alkanes) is 1. The second kappa shape index (κ2) is 7.57. The van der Waals surface area contributed by atoms with Crippen LogP contribution in [0.3, 0.4) is 0 Å². The second-order valence-electron chi connectivity index (χ2n) is 3.11. The Kier molecular flexibility index (Phi) is 6.95. The molecule has 13 heavy (non-hydrogen) atoms. The van der Waals surface area contributed by atoms with Gasteiger partial charge in [-0.25, -0.2) is 0 Å². The molecule has 0 amide bonds. The van der Waals surface area contributed by atoms with Crippen molar-refractivity contribution in [2.75, 3.05) is 0 Å². The molecule has 0 bridgehead atoms. The second-order valence-corrected chi connectivity index (χ2v) is 3.11. The third-order valence-electron chi connectivity index (χ3n) is 1.77. The Bertz CT molecular complexity index is 213. The van der Waals surface area contributed by atoms with Gasteiger partial charge in [-0.1, -0.05) is 24.3 Å². The largest absolute Gasteiger partial charge is 0.389 e. The van der Waals surface area contributed by atoms with Crippen LogP contribution in [-0.4, -0.2) is 11.2 Å². The molecule has 1 atom stereocenters. The smallest absolute Gasteiger partial charge is 0.0747 e. The first-order valence-corrected chi connectivity index (χ1v) is 4.54. The average Bonchev–Trinajstić information content (AvgIpc) is 2.10. The normalized spacial score (nSPS) is 12.7. The van der Waals surface area contributed by atoms with Crippen LogP contribution in [-0.2, 0) is 0 Å². The van der Waals surface area contributed by atoms with Gasteiger partial charge in [0.15, 0.2) is 0 Å². The fourth-order valence-electron chi connectivity index (χ4n) is 0.884. The standard InChI is InChI=1S/C11H17NO/c1-10(2)11(13)8-6-4-3-5-7-9-12/h3-4,11,13H,1,5-8H2,2H3/b4-3-. The quantitative estimate of drug-likeness (QED) is 0.503. The molecular formula is C11H17NO. The van der Waals surface area contributed by atoms with Crippen molar-refractivity contribution in [3.8, 4) is 6.07 Å². The summed E-state index contributed by atoms with van der Waals surface area (Å²) in [4.78, 5) is 0. The van der Waals surface area contributed by atoms with Crippen molar-refractivity contribution in [2.24, 2.45) is 0 Å². The molecule has 0 radical (unpaired) electrons. The van der Waals surface area contributed by atoms with Crippen molar-refractivity contribution in [3.63, 3.8) is 0 Å². The average molecular weight is 179 g/mol. The van der Waals surface area contributed by atoms with Crippen molar-refractivity contribution >= 4 is 0 Å². The summed E-state index contributed by atoms with van der Waals surface area (Å²) in [7, 11) is 0. The summed E-state index contributed by atoms with van der Waals surface area (Å²) in [5.74, 6) is 0. The topological polar surface area (TPSA) is 44.0 Å². The van der Waals surface area contributed by atoms with Crippen molar-refractivity contribution in [3.05, 3.63) is 24.3 Å². The van der Waals surface area contributed by atoms with Gasteiger partial charge in [-0.15, -0.1) is 0 Å².